The van der Waals surface area contributed by atoms with Crippen molar-refractivity contribution >= 4 is 40.6 Å². The molecule has 0 bridgehead atoms. The Morgan fingerprint density at radius 3 is 2.76 bits per heavy atom. The molecule has 0 saturated heterocycles. The van der Waals surface area contributed by atoms with Gasteiger partial charge in [0.25, 0.3) is 0 Å². The number of benzene rings is 2. The Labute approximate surface area is 131 Å². The van der Waals surface area contributed by atoms with Gasteiger partial charge in [-0.1, -0.05) is 11.6 Å². The van der Waals surface area contributed by atoms with Crippen LogP contribution in [0.3, 0.4) is 0 Å². The van der Waals surface area contributed by atoms with E-state index in [0.717, 1.165) is 16.5 Å². The fourth-order valence-corrected chi connectivity index (χ4v) is 2.78. The molecule has 2 rings (SSSR count). The maximum Gasteiger partial charge on any atom is 0.234 e. The third kappa shape index (κ3) is 4.37. The minimum atomic E-state index is -0.440. The van der Waals surface area contributed by atoms with Crippen molar-refractivity contribution in [1.29, 1.82) is 0 Å². The van der Waals surface area contributed by atoms with Gasteiger partial charge in [-0.25, -0.2) is 4.39 Å². The summed E-state index contributed by atoms with van der Waals surface area (Å²) in [5, 5.41) is 2.83. The maximum atomic E-state index is 12.9. The number of anilines is 2. The molecule has 0 fully saturated rings. The molecule has 0 spiro atoms. The average Bonchev–Trinajstić information content (AvgIpc) is 2.41. The van der Waals surface area contributed by atoms with Crippen LogP contribution in [0.15, 0.2) is 41.3 Å². The van der Waals surface area contributed by atoms with Crippen molar-refractivity contribution in [2.24, 2.45) is 0 Å². The van der Waals surface area contributed by atoms with Gasteiger partial charge in [-0.2, -0.15) is 0 Å². The number of carbonyl (C=O) groups is 1. The van der Waals surface area contributed by atoms with Gasteiger partial charge in [0.15, 0.2) is 0 Å². The second kappa shape index (κ2) is 6.83. The van der Waals surface area contributed by atoms with Gasteiger partial charge in [0, 0.05) is 10.6 Å². The van der Waals surface area contributed by atoms with Crippen LogP contribution < -0.4 is 11.1 Å². The molecular weight excluding hydrogens is 311 g/mol. The van der Waals surface area contributed by atoms with Crippen LogP contribution in [-0.4, -0.2) is 11.7 Å². The van der Waals surface area contributed by atoms with Gasteiger partial charge in [-0.15, -0.1) is 11.8 Å². The highest BCUT2D eigenvalue weighted by Crippen LogP contribution is 2.26. The number of amides is 1. The summed E-state index contributed by atoms with van der Waals surface area (Å²) in [7, 11) is 0. The molecule has 0 heterocycles. The summed E-state index contributed by atoms with van der Waals surface area (Å²) in [6, 6.07) is 9.39. The second-order valence-electron chi connectivity index (χ2n) is 4.49. The first-order chi connectivity index (χ1) is 9.95. The van der Waals surface area contributed by atoms with Crippen molar-refractivity contribution in [3.8, 4) is 0 Å². The van der Waals surface area contributed by atoms with E-state index >= 15 is 0 Å². The van der Waals surface area contributed by atoms with Crippen molar-refractivity contribution < 1.29 is 9.18 Å². The Morgan fingerprint density at radius 1 is 1.33 bits per heavy atom. The summed E-state index contributed by atoms with van der Waals surface area (Å²) in [6.45, 7) is 1.94. The fraction of sp³-hybridized carbons (Fsp3) is 0.133. The number of thioether (sulfide) groups is 1. The van der Waals surface area contributed by atoms with E-state index in [2.05, 4.69) is 5.32 Å². The number of nitrogens with two attached hydrogens (primary N) is 1. The first-order valence-electron chi connectivity index (χ1n) is 6.19. The highest BCUT2D eigenvalue weighted by Gasteiger charge is 2.08. The molecule has 0 aliphatic rings. The van der Waals surface area contributed by atoms with E-state index < -0.39 is 5.82 Å². The van der Waals surface area contributed by atoms with Crippen LogP contribution in [0.4, 0.5) is 15.8 Å². The Morgan fingerprint density at radius 2 is 2.10 bits per heavy atom. The van der Waals surface area contributed by atoms with Crippen LogP contribution in [0.2, 0.25) is 5.02 Å². The molecular formula is C15H14ClFN2OS. The Hall–Kier alpha value is -1.72. The number of hydrogen-bond acceptors (Lipinski definition) is 3. The molecule has 0 radical (unpaired) electrons. The third-order valence-electron chi connectivity index (χ3n) is 2.76. The van der Waals surface area contributed by atoms with Crippen molar-refractivity contribution in [3.05, 3.63) is 52.8 Å². The van der Waals surface area contributed by atoms with Crippen LogP contribution in [0.25, 0.3) is 0 Å². The fourth-order valence-electron chi connectivity index (χ4n) is 1.75. The molecule has 2 aromatic carbocycles. The van der Waals surface area contributed by atoms with Crippen LogP contribution in [0, 0.1) is 12.7 Å². The van der Waals surface area contributed by atoms with Crippen molar-refractivity contribution in [3.63, 3.8) is 0 Å². The van der Waals surface area contributed by atoms with Crippen molar-refractivity contribution in [1.82, 2.24) is 0 Å². The van der Waals surface area contributed by atoms with Crippen molar-refractivity contribution in [2.45, 2.75) is 11.8 Å². The van der Waals surface area contributed by atoms with Crippen LogP contribution in [0.1, 0.15) is 5.56 Å². The molecule has 0 aliphatic carbocycles. The van der Waals surface area contributed by atoms with Crippen LogP contribution >= 0.6 is 23.4 Å². The molecule has 1 amide bonds. The zero-order valence-corrected chi connectivity index (χ0v) is 12.9. The van der Waals surface area contributed by atoms with Gasteiger partial charge in [-0.3, -0.25) is 4.79 Å². The lowest BCUT2D eigenvalue weighted by atomic mass is 10.2. The summed E-state index contributed by atoms with van der Waals surface area (Å²) in [4.78, 5) is 12.9. The Balaban J connectivity index is 1.96. The number of aryl methyl sites for hydroxylation is 1. The summed E-state index contributed by atoms with van der Waals surface area (Å²) in [5.41, 5.74) is 7.80. The minimum Gasteiger partial charge on any atom is -0.399 e. The quantitative estimate of drug-likeness (QED) is 0.657. The molecule has 0 aromatic heterocycles. The molecule has 0 atom stereocenters. The standard InChI is InChI=1S/C15H14ClFN2OS/c1-9-6-11(18)3-5-14(9)21-8-15(20)19-13-4-2-10(17)7-12(13)16/h2-7H,8,18H2,1H3,(H,19,20). The predicted molar refractivity (Wildman–Crippen MR) is 86.4 cm³/mol. The first kappa shape index (κ1) is 15.7. The molecule has 0 saturated carbocycles. The van der Waals surface area contributed by atoms with Gasteiger partial charge in [0.05, 0.1) is 16.5 Å². The number of hydrogen-bond donors (Lipinski definition) is 2. The molecule has 0 unspecified atom stereocenters. The molecule has 110 valence electrons. The predicted octanol–water partition coefficient (Wildman–Crippen LogP) is 4.10. The van der Waals surface area contributed by atoms with E-state index in [1.165, 1.54) is 23.9 Å². The first-order valence-corrected chi connectivity index (χ1v) is 7.56. The monoisotopic (exact) mass is 324 g/mol. The summed E-state index contributed by atoms with van der Waals surface area (Å²) >= 11 is 7.27. The average molecular weight is 325 g/mol. The number of halogens is 2. The second-order valence-corrected chi connectivity index (χ2v) is 5.91. The lowest BCUT2D eigenvalue weighted by Crippen LogP contribution is -2.14. The zero-order chi connectivity index (χ0) is 15.4. The van der Waals surface area contributed by atoms with Crippen LogP contribution in [-0.2, 0) is 4.79 Å². The molecule has 3 N–H and O–H groups in total. The van der Waals surface area contributed by atoms with E-state index in [4.69, 9.17) is 17.3 Å². The molecule has 3 nitrogen and oxygen atoms in total. The number of nitrogens with one attached hydrogen (secondary N) is 1. The highest BCUT2D eigenvalue weighted by atomic mass is 35.5. The van der Waals surface area contributed by atoms with E-state index in [1.807, 2.05) is 19.1 Å². The highest BCUT2D eigenvalue weighted by molar-refractivity contribution is 8.00. The van der Waals surface area contributed by atoms with Crippen molar-refractivity contribution in [2.75, 3.05) is 16.8 Å². The third-order valence-corrected chi connectivity index (χ3v) is 4.25. The summed E-state index contributed by atoms with van der Waals surface area (Å²) in [5.74, 6) is -0.409. The lowest BCUT2D eigenvalue weighted by Gasteiger charge is -2.08. The smallest absolute Gasteiger partial charge is 0.234 e. The molecule has 0 aliphatic heterocycles. The Kier molecular flexibility index (Phi) is 5.09. The Bertz CT molecular complexity index is 679. The lowest BCUT2D eigenvalue weighted by molar-refractivity contribution is -0.113. The number of carbonyl (C=O) groups excluding carboxylic acids is 1. The molecule has 6 heteroatoms. The number of nitrogen functional groups attached to an aromatic ring is 1. The topological polar surface area (TPSA) is 55.1 Å². The summed E-state index contributed by atoms with van der Waals surface area (Å²) in [6.07, 6.45) is 0. The van der Waals surface area contributed by atoms with E-state index in [-0.39, 0.29) is 16.7 Å². The minimum absolute atomic E-state index is 0.178. The maximum absolute atomic E-state index is 12.9. The van der Waals surface area contributed by atoms with E-state index in [1.54, 1.807) is 6.07 Å². The van der Waals surface area contributed by atoms with E-state index in [0.29, 0.717) is 11.4 Å². The van der Waals surface area contributed by atoms with Gasteiger partial charge >= 0.3 is 0 Å². The zero-order valence-electron chi connectivity index (χ0n) is 11.3. The largest absolute Gasteiger partial charge is 0.399 e. The molecule has 21 heavy (non-hydrogen) atoms. The number of rotatable bonds is 4. The van der Waals surface area contributed by atoms with E-state index in [9.17, 15) is 9.18 Å². The van der Waals surface area contributed by atoms with Gasteiger partial charge in [0.1, 0.15) is 5.82 Å². The van der Waals surface area contributed by atoms with Gasteiger partial charge in [0.2, 0.25) is 5.91 Å². The normalized spacial score (nSPS) is 10.4. The van der Waals surface area contributed by atoms with Gasteiger partial charge < -0.3 is 11.1 Å². The van der Waals surface area contributed by atoms with Crippen LogP contribution in [0.5, 0.6) is 0 Å². The van der Waals surface area contributed by atoms with Gasteiger partial charge in [-0.05, 0) is 48.9 Å². The molecule has 2 aromatic rings. The SMILES string of the molecule is Cc1cc(N)ccc1SCC(=O)Nc1ccc(F)cc1Cl. The summed E-state index contributed by atoms with van der Waals surface area (Å²) < 4.78 is 12.9.